The van der Waals surface area contributed by atoms with Crippen LogP contribution in [0.25, 0.3) is 32.1 Å². The van der Waals surface area contributed by atoms with E-state index in [9.17, 15) is 5.26 Å². The van der Waals surface area contributed by atoms with Gasteiger partial charge >= 0.3 is 6.01 Å². The molecule has 9 nitrogen and oxygen atoms in total. The maximum atomic E-state index is 17.3. The van der Waals surface area contributed by atoms with Gasteiger partial charge in [0, 0.05) is 29.1 Å². The molecule has 2 aromatic carbocycles. The van der Waals surface area contributed by atoms with Gasteiger partial charge in [-0.2, -0.15) is 15.2 Å². The van der Waals surface area contributed by atoms with Gasteiger partial charge in [-0.25, -0.2) is 8.78 Å². The third-order valence-corrected chi connectivity index (χ3v) is 12.5. The summed E-state index contributed by atoms with van der Waals surface area (Å²) in [6, 6.07) is 5.08. The number of ether oxygens (including phenoxy) is 2. The Bertz CT molecular complexity index is 1980. The number of halogens is 3. The van der Waals surface area contributed by atoms with E-state index in [0.717, 1.165) is 75.8 Å². The number of hydrogen-bond donors (Lipinski definition) is 1. The van der Waals surface area contributed by atoms with Crippen molar-refractivity contribution in [2.24, 2.45) is 0 Å². The van der Waals surface area contributed by atoms with Crippen molar-refractivity contribution in [1.29, 1.82) is 5.26 Å². The number of aromatic nitrogens is 2. The average Bonchev–Trinajstić information content (AvgIpc) is 3.58. The number of nitrogens with two attached hydrogens (primary N) is 1. The number of nitrogen functional groups attached to an aromatic ring is 1. The Labute approximate surface area is 287 Å². The monoisotopic (exact) mass is 693 g/mol. The highest BCUT2D eigenvalue weighted by atomic mass is 35.5. The predicted octanol–water partition coefficient (Wildman–Crippen LogP) is 6.98. The molecule has 1 aliphatic carbocycles. The SMILES string of the molecule is CN1CCC[C@H]1C1CCCCN(C)C2(CCC2)CN2CCOc3c(Cl)c(-c4ccc(F)c5sc(N)c(C#N)c45)c(F)c4nc(nc2c34)O1. The van der Waals surface area contributed by atoms with Gasteiger partial charge in [-0.3, -0.25) is 9.80 Å². The normalized spacial score (nSPS) is 23.2. The summed E-state index contributed by atoms with van der Waals surface area (Å²) in [6.07, 6.45) is 8.11. The fraction of sp³-hybridized carbons (Fsp3) is 0.514. The van der Waals surface area contributed by atoms with Crippen molar-refractivity contribution in [3.63, 3.8) is 0 Å². The van der Waals surface area contributed by atoms with Crippen LogP contribution in [0.5, 0.6) is 11.8 Å². The number of hydrogen-bond acceptors (Lipinski definition) is 10. The van der Waals surface area contributed by atoms with Gasteiger partial charge < -0.3 is 20.1 Å². The van der Waals surface area contributed by atoms with Gasteiger partial charge in [0.2, 0.25) is 0 Å². The Morgan fingerprint density at radius 2 is 1.90 bits per heavy atom. The van der Waals surface area contributed by atoms with Gasteiger partial charge in [0.05, 0.1) is 27.2 Å². The average molecular weight is 694 g/mol. The topological polar surface area (TPSA) is 104 Å². The summed E-state index contributed by atoms with van der Waals surface area (Å²) >= 11 is 8.06. The quantitative estimate of drug-likeness (QED) is 0.238. The summed E-state index contributed by atoms with van der Waals surface area (Å²) in [7, 11) is 4.35. The first kappa shape index (κ1) is 31.7. The number of anilines is 2. The molecule has 2 atom stereocenters. The highest BCUT2D eigenvalue weighted by molar-refractivity contribution is 7.23. The van der Waals surface area contributed by atoms with E-state index in [1.165, 1.54) is 12.1 Å². The van der Waals surface area contributed by atoms with E-state index in [0.29, 0.717) is 24.3 Å². The van der Waals surface area contributed by atoms with E-state index in [4.69, 9.17) is 36.8 Å². The number of rotatable bonds is 2. The Morgan fingerprint density at radius 1 is 1.06 bits per heavy atom. The molecule has 3 aliphatic heterocycles. The van der Waals surface area contributed by atoms with E-state index in [1.54, 1.807) is 0 Å². The zero-order valence-electron chi connectivity index (χ0n) is 27.1. The van der Waals surface area contributed by atoms with Crippen LogP contribution in [-0.2, 0) is 0 Å². The van der Waals surface area contributed by atoms with Crippen LogP contribution in [0.2, 0.25) is 5.02 Å². The first-order valence-electron chi connectivity index (χ1n) is 16.8. The van der Waals surface area contributed by atoms with Crippen molar-refractivity contribution in [3.8, 4) is 29.0 Å². The number of fused-ring (bicyclic) bond motifs is 2. The maximum Gasteiger partial charge on any atom is 0.319 e. The molecular weight excluding hydrogens is 656 g/mol. The number of likely N-dealkylation sites (tertiary alicyclic amines) is 1. The van der Waals surface area contributed by atoms with E-state index in [1.807, 2.05) is 0 Å². The lowest BCUT2D eigenvalue weighted by Crippen LogP contribution is -2.59. The fourth-order valence-corrected chi connectivity index (χ4v) is 9.60. The van der Waals surface area contributed by atoms with E-state index in [-0.39, 0.29) is 78.4 Å². The predicted molar refractivity (Wildman–Crippen MR) is 185 cm³/mol. The van der Waals surface area contributed by atoms with Crippen molar-refractivity contribution in [2.45, 2.75) is 69.1 Å². The van der Waals surface area contributed by atoms with Crippen LogP contribution in [0.1, 0.15) is 56.9 Å². The molecule has 5 heterocycles. The number of nitriles is 1. The van der Waals surface area contributed by atoms with Gasteiger partial charge in [0.25, 0.3) is 0 Å². The second-order valence-corrected chi connectivity index (χ2v) is 15.2. The van der Waals surface area contributed by atoms with E-state index >= 15 is 8.78 Å². The Hall–Kier alpha value is -3.50. The van der Waals surface area contributed by atoms with E-state index in [2.05, 4.69) is 34.9 Å². The first-order chi connectivity index (χ1) is 23.2. The molecule has 13 heteroatoms. The van der Waals surface area contributed by atoms with Crippen molar-refractivity contribution < 1.29 is 18.3 Å². The van der Waals surface area contributed by atoms with Crippen molar-refractivity contribution in [3.05, 3.63) is 34.4 Å². The van der Waals surface area contributed by atoms with Crippen molar-refractivity contribution in [1.82, 2.24) is 19.8 Å². The van der Waals surface area contributed by atoms with Gasteiger partial charge in [0.15, 0.2) is 11.6 Å². The maximum absolute atomic E-state index is 17.3. The molecule has 2 bridgehead atoms. The lowest BCUT2D eigenvalue weighted by Gasteiger charge is -2.51. The van der Waals surface area contributed by atoms with Gasteiger partial charge in [-0.05, 0) is 90.2 Å². The molecule has 0 amide bonds. The molecule has 1 spiro atoms. The van der Waals surface area contributed by atoms with Crippen LogP contribution >= 0.6 is 22.9 Å². The molecule has 2 aromatic heterocycles. The highest BCUT2D eigenvalue weighted by Gasteiger charge is 2.44. The molecule has 1 saturated carbocycles. The van der Waals surface area contributed by atoms with Crippen LogP contribution in [0.15, 0.2) is 12.1 Å². The van der Waals surface area contributed by atoms with Gasteiger partial charge in [-0.15, -0.1) is 11.3 Å². The van der Waals surface area contributed by atoms with Crippen molar-refractivity contribution in [2.75, 3.05) is 57.5 Å². The highest BCUT2D eigenvalue weighted by Crippen LogP contribution is 2.51. The molecule has 0 radical (unpaired) electrons. The lowest BCUT2D eigenvalue weighted by molar-refractivity contribution is 0.0411. The van der Waals surface area contributed by atoms with Gasteiger partial charge in [0.1, 0.15) is 40.9 Å². The molecule has 1 unspecified atom stereocenters. The van der Waals surface area contributed by atoms with Crippen LogP contribution < -0.4 is 20.1 Å². The Morgan fingerprint density at radius 3 is 2.62 bits per heavy atom. The second kappa shape index (κ2) is 12.1. The molecule has 4 aliphatic rings. The minimum Gasteiger partial charge on any atom is -0.489 e. The molecule has 252 valence electrons. The van der Waals surface area contributed by atoms with Crippen LogP contribution in [0.3, 0.4) is 0 Å². The standard InChI is InChI=1S/C35H38ClF2N7O2S/c1-43-13-5-7-22(43)23-8-3-4-14-44(2)35(11-6-12-35)18-45-15-16-46-30-26-29(41-34(47-23)42-33(26)45)28(38)25(27(30)36)19-9-10-21(37)31-24(19)20(17-39)32(40)48-31/h9-10,22-23H,3-8,11-16,18,40H2,1-2H3/t22-,23?/m0/s1. The molecule has 1 saturated heterocycles. The molecule has 48 heavy (non-hydrogen) atoms. The zero-order valence-corrected chi connectivity index (χ0v) is 28.7. The zero-order chi connectivity index (χ0) is 33.3. The Kier molecular flexibility index (Phi) is 8.02. The summed E-state index contributed by atoms with van der Waals surface area (Å²) < 4.78 is 45.6. The van der Waals surface area contributed by atoms with E-state index < -0.39 is 11.6 Å². The summed E-state index contributed by atoms with van der Waals surface area (Å²) in [5.41, 5.74) is 6.42. The third-order valence-electron chi connectivity index (χ3n) is 11.1. The van der Waals surface area contributed by atoms with Crippen LogP contribution in [0, 0.1) is 23.0 Å². The third kappa shape index (κ3) is 4.96. The molecular formula is C35H38ClF2N7O2S. The fourth-order valence-electron chi connectivity index (χ4n) is 8.32. The molecule has 2 fully saturated rings. The largest absolute Gasteiger partial charge is 0.489 e. The van der Waals surface area contributed by atoms with Gasteiger partial charge in [-0.1, -0.05) is 17.7 Å². The summed E-state index contributed by atoms with van der Waals surface area (Å²) in [5, 5.41) is 10.7. The second-order valence-electron chi connectivity index (χ2n) is 13.7. The smallest absolute Gasteiger partial charge is 0.319 e. The van der Waals surface area contributed by atoms with Crippen LogP contribution in [0.4, 0.5) is 19.6 Å². The number of thiophene rings is 1. The summed E-state index contributed by atoms with van der Waals surface area (Å²) in [6.45, 7) is 3.48. The summed E-state index contributed by atoms with van der Waals surface area (Å²) in [5.74, 6) is -0.467. The minimum atomic E-state index is -0.714. The van der Waals surface area contributed by atoms with Crippen molar-refractivity contribution >= 4 is 54.7 Å². The number of benzene rings is 2. The first-order valence-corrected chi connectivity index (χ1v) is 18.0. The lowest BCUT2D eigenvalue weighted by atomic mass is 9.74. The molecule has 8 rings (SSSR count). The summed E-state index contributed by atoms with van der Waals surface area (Å²) in [4.78, 5) is 16.8. The molecule has 4 aromatic rings. The number of likely N-dealkylation sites (N-methyl/N-ethyl adjacent to an activating group) is 2. The minimum absolute atomic E-state index is 0.0138. The Balaban J connectivity index is 1.38. The van der Waals surface area contributed by atoms with Crippen LogP contribution in [-0.4, -0.2) is 84.3 Å². The molecule has 2 N–H and O–H groups in total. The number of nitrogens with zero attached hydrogens (tertiary/aromatic N) is 6.